The molecule has 0 amide bonds. The molecule has 0 spiro atoms. The molecule has 8 rings (SSSR count). The normalized spacial score (nSPS) is 13.9. The topological polar surface area (TPSA) is 93.7 Å². The largest absolute Gasteiger partial charge is 0.480 e. The van der Waals surface area contributed by atoms with Gasteiger partial charge < -0.3 is 18.8 Å². The summed E-state index contributed by atoms with van der Waals surface area (Å²) in [6, 6.07) is 40.1. The molecule has 9 heteroatoms. The fourth-order valence-electron chi connectivity index (χ4n) is 6.81. The number of para-hydroxylation sites is 2. The van der Waals surface area contributed by atoms with Gasteiger partial charge in [-0.2, -0.15) is 15.8 Å². The van der Waals surface area contributed by atoms with Gasteiger partial charge >= 0.3 is 0 Å². The van der Waals surface area contributed by atoms with E-state index in [1.54, 1.807) is 11.3 Å². The third kappa shape index (κ3) is 5.13. The van der Waals surface area contributed by atoms with Crippen molar-refractivity contribution >= 4 is 65.9 Å². The third-order valence-corrected chi connectivity index (χ3v) is 11.5. The second-order valence-electron chi connectivity index (χ2n) is 12.9. The number of nitriles is 3. The molecule has 0 radical (unpaired) electrons. The predicted octanol–water partition coefficient (Wildman–Crippen LogP) is 10.5. The van der Waals surface area contributed by atoms with Crippen LogP contribution < -0.4 is 4.90 Å². The maximum Gasteiger partial charge on any atom is 0.172 e. The van der Waals surface area contributed by atoms with E-state index in [0.717, 1.165) is 48.7 Å². The molecular formula is C42H30N6OS2. The van der Waals surface area contributed by atoms with Crippen molar-refractivity contribution in [1.82, 2.24) is 9.13 Å². The van der Waals surface area contributed by atoms with Gasteiger partial charge in [0.05, 0.1) is 31.5 Å². The summed E-state index contributed by atoms with van der Waals surface area (Å²) in [5.74, 6) is 0.0366. The molecule has 0 aliphatic carbocycles. The molecule has 0 fully saturated rings. The summed E-state index contributed by atoms with van der Waals surface area (Å²) >= 11 is 3.50. The highest BCUT2D eigenvalue weighted by atomic mass is 32.1. The molecule has 5 heterocycles. The summed E-state index contributed by atoms with van der Waals surface area (Å²) in [5, 5.41) is 29.1. The van der Waals surface area contributed by atoms with E-state index in [9.17, 15) is 15.8 Å². The molecule has 0 bridgehead atoms. The van der Waals surface area contributed by atoms with Crippen LogP contribution >= 0.6 is 22.7 Å². The highest BCUT2D eigenvalue weighted by Crippen LogP contribution is 2.48. The minimum absolute atomic E-state index is 0.0366. The smallest absolute Gasteiger partial charge is 0.172 e. The molecule has 0 saturated heterocycles. The van der Waals surface area contributed by atoms with Crippen molar-refractivity contribution in [1.29, 1.82) is 15.8 Å². The van der Waals surface area contributed by atoms with E-state index in [1.807, 2.05) is 61.6 Å². The minimum Gasteiger partial charge on any atom is -0.480 e. The van der Waals surface area contributed by atoms with E-state index in [4.69, 9.17) is 4.74 Å². The number of anilines is 1. The number of hydrogen-bond donors (Lipinski definition) is 0. The number of aromatic nitrogens is 2. The molecule has 4 aromatic heterocycles. The van der Waals surface area contributed by atoms with Gasteiger partial charge in [0.25, 0.3) is 0 Å². The lowest BCUT2D eigenvalue weighted by atomic mass is 9.94. The third-order valence-electron chi connectivity index (χ3n) is 9.20. The van der Waals surface area contributed by atoms with Gasteiger partial charge in [-0.05, 0) is 74.0 Å². The van der Waals surface area contributed by atoms with Gasteiger partial charge in [0.2, 0.25) is 0 Å². The molecule has 0 unspecified atom stereocenters. The molecule has 0 atom stereocenters. The molecule has 51 heavy (non-hydrogen) atoms. The summed E-state index contributed by atoms with van der Waals surface area (Å²) < 4.78 is 13.1. The monoisotopic (exact) mass is 698 g/mol. The average Bonchev–Trinajstić information content (AvgIpc) is 3.93. The highest BCUT2D eigenvalue weighted by molar-refractivity contribution is 7.24. The first-order chi connectivity index (χ1) is 24.7. The molecule has 7 nitrogen and oxygen atoms in total. The number of nitrogens with zero attached hydrogens (tertiary/aromatic N) is 6. The van der Waals surface area contributed by atoms with Crippen LogP contribution in [-0.2, 0) is 4.74 Å². The van der Waals surface area contributed by atoms with Crippen molar-refractivity contribution in [3.63, 3.8) is 0 Å². The van der Waals surface area contributed by atoms with E-state index >= 15 is 0 Å². The molecule has 1 aliphatic heterocycles. The number of rotatable bonds is 6. The summed E-state index contributed by atoms with van der Waals surface area (Å²) in [6.07, 6.45) is 3.88. The van der Waals surface area contributed by atoms with Gasteiger partial charge in [0, 0.05) is 46.5 Å². The lowest BCUT2D eigenvalue weighted by Gasteiger charge is -2.20. The van der Waals surface area contributed by atoms with Crippen LogP contribution in [0.4, 0.5) is 5.69 Å². The van der Waals surface area contributed by atoms with Crippen LogP contribution in [0.2, 0.25) is 0 Å². The first-order valence-electron chi connectivity index (χ1n) is 16.3. The maximum absolute atomic E-state index is 10.1. The van der Waals surface area contributed by atoms with Crippen molar-refractivity contribution in [3.05, 3.63) is 130 Å². The van der Waals surface area contributed by atoms with Crippen molar-refractivity contribution in [2.24, 2.45) is 0 Å². The van der Waals surface area contributed by atoms with Gasteiger partial charge in [-0.1, -0.05) is 54.6 Å². The van der Waals surface area contributed by atoms with Crippen LogP contribution in [-0.4, -0.2) is 28.8 Å². The van der Waals surface area contributed by atoms with E-state index < -0.39 is 5.60 Å². The lowest BCUT2D eigenvalue weighted by Crippen LogP contribution is -2.20. The molecule has 246 valence electrons. The Balaban J connectivity index is 1.38. The molecule has 3 aromatic carbocycles. The Labute approximate surface area is 303 Å². The Morgan fingerprint density at radius 2 is 1.31 bits per heavy atom. The van der Waals surface area contributed by atoms with Crippen LogP contribution in [0.1, 0.15) is 18.7 Å². The number of benzene rings is 3. The van der Waals surface area contributed by atoms with Gasteiger partial charge in [-0.25, -0.2) is 0 Å². The highest BCUT2D eigenvalue weighted by Gasteiger charge is 2.38. The van der Waals surface area contributed by atoms with Gasteiger partial charge in [-0.15, -0.1) is 22.7 Å². The van der Waals surface area contributed by atoms with Crippen molar-refractivity contribution < 1.29 is 4.74 Å². The minimum atomic E-state index is -0.893. The average molecular weight is 699 g/mol. The Bertz CT molecular complexity index is 2710. The van der Waals surface area contributed by atoms with E-state index in [0.29, 0.717) is 5.57 Å². The second kappa shape index (κ2) is 12.2. The number of thiophene rings is 2. The van der Waals surface area contributed by atoms with Crippen molar-refractivity contribution in [2.45, 2.75) is 19.4 Å². The van der Waals surface area contributed by atoms with E-state index in [2.05, 4.69) is 119 Å². The van der Waals surface area contributed by atoms with Gasteiger partial charge in [0.15, 0.2) is 11.3 Å². The Morgan fingerprint density at radius 3 is 1.86 bits per heavy atom. The van der Waals surface area contributed by atoms with E-state index in [1.165, 1.54) is 15.1 Å². The zero-order valence-electron chi connectivity index (χ0n) is 28.3. The Kier molecular flexibility index (Phi) is 7.66. The zero-order valence-corrected chi connectivity index (χ0v) is 29.9. The molecule has 1 aliphatic rings. The molecule has 0 N–H and O–H groups in total. The SMILES string of the molecule is CN(C)c1ccc(-c2cc3c(s2)c2c(c4sc(/C=C/C5=C(C#N)C(=C(C#N)C#N)OC5(C)C)cc4n2-c2ccccc2)n3-c2ccccc2)cc1. The second-order valence-corrected chi connectivity index (χ2v) is 15.1. The van der Waals surface area contributed by atoms with Crippen LogP contribution in [0.3, 0.4) is 0 Å². The predicted molar refractivity (Wildman–Crippen MR) is 208 cm³/mol. The Morgan fingerprint density at radius 1 is 0.745 bits per heavy atom. The maximum atomic E-state index is 10.1. The number of hydrogen-bond acceptors (Lipinski definition) is 7. The lowest BCUT2D eigenvalue weighted by molar-refractivity contribution is 0.0954. The van der Waals surface area contributed by atoms with Crippen LogP contribution in [0, 0.1) is 34.0 Å². The molecule has 0 saturated carbocycles. The molecule has 7 aromatic rings. The summed E-state index contributed by atoms with van der Waals surface area (Å²) in [6.45, 7) is 3.68. The van der Waals surface area contributed by atoms with Crippen molar-refractivity contribution in [2.75, 3.05) is 19.0 Å². The summed E-state index contributed by atoms with van der Waals surface area (Å²) in [4.78, 5) is 4.31. The van der Waals surface area contributed by atoms with Crippen LogP contribution in [0.15, 0.2) is 126 Å². The number of allylic oxidation sites excluding steroid dienone is 2. The van der Waals surface area contributed by atoms with Gasteiger partial charge in [0.1, 0.15) is 29.4 Å². The quantitative estimate of drug-likeness (QED) is 0.161. The fourth-order valence-corrected chi connectivity index (χ4v) is 9.08. The zero-order chi connectivity index (χ0) is 35.4. The summed E-state index contributed by atoms with van der Waals surface area (Å²) in [7, 11) is 4.11. The summed E-state index contributed by atoms with van der Waals surface area (Å²) in [5.41, 5.74) is 8.76. The first kappa shape index (κ1) is 31.9. The molecular weight excluding hydrogens is 669 g/mol. The fraction of sp³-hybridized carbons (Fsp3) is 0.119. The van der Waals surface area contributed by atoms with Crippen LogP contribution in [0.5, 0.6) is 0 Å². The number of ether oxygens (including phenoxy) is 1. The Hall–Kier alpha value is -6.31. The standard InChI is InChI=1S/C42H30N6OS2/c1-42(2)33(32(25-45)39(49-42)27(23-43)24-44)20-19-31-21-34-40(50-31)37-38(47(34)29-11-7-5-8-12-29)41-35(48(37)30-13-9-6-10-14-30)22-36(51-41)26-15-17-28(18-16-26)46(3)4/h5-22H,1-4H3/b20-19+. The van der Waals surface area contributed by atoms with Crippen LogP contribution in [0.25, 0.3) is 59.4 Å². The van der Waals surface area contributed by atoms with E-state index in [-0.39, 0.29) is 16.9 Å². The van der Waals surface area contributed by atoms with Crippen molar-refractivity contribution in [3.8, 4) is 40.0 Å². The number of fused-ring (bicyclic) bond motifs is 5. The first-order valence-corrected chi connectivity index (χ1v) is 17.9. The van der Waals surface area contributed by atoms with Gasteiger partial charge in [-0.3, -0.25) is 0 Å².